The van der Waals surface area contributed by atoms with Crippen molar-refractivity contribution in [3.8, 4) is 0 Å². The van der Waals surface area contributed by atoms with Crippen LogP contribution in [0.25, 0.3) is 0 Å². The molecule has 0 fully saturated rings. The molecule has 1 unspecified atom stereocenters. The Kier molecular flexibility index (Phi) is 19.9. The van der Waals surface area contributed by atoms with Crippen molar-refractivity contribution in [3.05, 3.63) is 0 Å². The number of rotatable bonds is 6. The van der Waals surface area contributed by atoms with Crippen molar-refractivity contribution in [3.63, 3.8) is 0 Å². The average Bonchev–Trinajstić information content (AvgIpc) is 1.98. The quantitative estimate of drug-likeness (QED) is 0.536. The highest BCUT2D eigenvalue weighted by molar-refractivity contribution is 4.58. The Labute approximate surface area is 75.1 Å². The lowest BCUT2D eigenvalue weighted by molar-refractivity contribution is 0.545. The molecule has 1 atom stereocenters. The first-order chi connectivity index (χ1) is 4.81. The van der Waals surface area contributed by atoms with E-state index in [0.717, 1.165) is 25.9 Å². The second kappa shape index (κ2) is 13.4. The zero-order valence-electron chi connectivity index (χ0n) is 8.19. The summed E-state index contributed by atoms with van der Waals surface area (Å²) < 4.78 is 0. The number of hydrogen-bond donors (Lipinski definition) is 2. The molecule has 0 aliphatic heterocycles. The predicted molar refractivity (Wildman–Crippen MR) is 53.3 cm³/mol. The zero-order valence-corrected chi connectivity index (χ0v) is 8.19. The van der Waals surface area contributed by atoms with Gasteiger partial charge in [-0.05, 0) is 32.4 Å². The average molecular weight is 180 g/mol. The van der Waals surface area contributed by atoms with E-state index in [4.69, 9.17) is 5.73 Å². The van der Waals surface area contributed by atoms with Crippen LogP contribution in [0.2, 0.25) is 0 Å². The van der Waals surface area contributed by atoms with E-state index in [1.807, 2.05) is 0 Å². The third-order valence-electron chi connectivity index (χ3n) is 1.70. The van der Waals surface area contributed by atoms with Crippen LogP contribution in [0.15, 0.2) is 0 Å². The topological polar surface area (TPSA) is 101 Å². The molecule has 78 valence electrons. The summed E-state index contributed by atoms with van der Waals surface area (Å²) in [6.45, 7) is 6.45. The molecule has 0 amide bonds. The lowest BCUT2D eigenvalue weighted by Crippen LogP contribution is -2.21. The third-order valence-corrected chi connectivity index (χ3v) is 1.70. The van der Waals surface area contributed by atoms with E-state index in [0.29, 0.717) is 6.04 Å². The van der Waals surface area contributed by atoms with E-state index in [1.54, 1.807) is 0 Å². The minimum Gasteiger partial charge on any atom is -0.412 e. The summed E-state index contributed by atoms with van der Waals surface area (Å²) in [7, 11) is 0. The third kappa shape index (κ3) is 12.5. The van der Waals surface area contributed by atoms with Gasteiger partial charge in [0.15, 0.2) is 0 Å². The van der Waals surface area contributed by atoms with Crippen molar-refractivity contribution < 1.29 is 11.0 Å². The molecule has 4 heteroatoms. The van der Waals surface area contributed by atoms with Crippen molar-refractivity contribution >= 4 is 0 Å². The Bertz CT molecular complexity index is 72.1. The van der Waals surface area contributed by atoms with Gasteiger partial charge in [-0.1, -0.05) is 13.8 Å². The van der Waals surface area contributed by atoms with Crippen LogP contribution in [0.1, 0.15) is 33.1 Å². The van der Waals surface area contributed by atoms with Crippen molar-refractivity contribution in [1.82, 2.24) is 5.32 Å². The predicted octanol–water partition coefficient (Wildman–Crippen LogP) is -0.536. The molecule has 0 radical (unpaired) electrons. The fraction of sp³-hybridized carbons (Fsp3) is 1.00. The van der Waals surface area contributed by atoms with Crippen LogP contribution in [0.5, 0.6) is 0 Å². The van der Waals surface area contributed by atoms with Gasteiger partial charge in [0, 0.05) is 6.04 Å². The summed E-state index contributed by atoms with van der Waals surface area (Å²) >= 11 is 0. The lowest BCUT2D eigenvalue weighted by atomic mass is 10.1. The first-order valence-corrected chi connectivity index (χ1v) is 4.27. The Morgan fingerprint density at radius 3 is 2.25 bits per heavy atom. The normalized spacial score (nSPS) is 11.2. The van der Waals surface area contributed by atoms with Gasteiger partial charge >= 0.3 is 0 Å². The fourth-order valence-corrected chi connectivity index (χ4v) is 0.870. The Hall–Kier alpha value is -0.160. The number of hydrogen-bond acceptors (Lipinski definition) is 2. The minimum absolute atomic E-state index is 0. The Morgan fingerprint density at radius 1 is 1.25 bits per heavy atom. The van der Waals surface area contributed by atoms with Gasteiger partial charge < -0.3 is 22.0 Å². The summed E-state index contributed by atoms with van der Waals surface area (Å²) in [4.78, 5) is 0. The molecule has 0 aromatic heterocycles. The maximum atomic E-state index is 5.73. The van der Waals surface area contributed by atoms with Gasteiger partial charge in [-0.2, -0.15) is 0 Å². The highest BCUT2D eigenvalue weighted by atomic mass is 16.0. The van der Waals surface area contributed by atoms with E-state index in [1.165, 1.54) is 6.42 Å². The number of nitrogens with two attached hydrogens (primary N) is 1. The maximum absolute atomic E-state index is 5.73. The van der Waals surface area contributed by atoms with Crippen LogP contribution in [0.3, 0.4) is 0 Å². The van der Waals surface area contributed by atoms with Crippen LogP contribution >= 0.6 is 0 Å². The molecule has 0 spiro atoms. The van der Waals surface area contributed by atoms with Gasteiger partial charge in [0.2, 0.25) is 0 Å². The molecule has 0 aromatic rings. The van der Waals surface area contributed by atoms with Crippen LogP contribution in [0.4, 0.5) is 0 Å². The summed E-state index contributed by atoms with van der Waals surface area (Å²) in [5.74, 6) is 0. The second-order valence-electron chi connectivity index (χ2n) is 2.66. The first kappa shape index (κ1) is 17.8. The van der Waals surface area contributed by atoms with Crippen LogP contribution in [0, 0.1) is 0 Å². The highest BCUT2D eigenvalue weighted by Crippen LogP contribution is 1.96. The highest BCUT2D eigenvalue weighted by Gasteiger charge is 1.96. The standard InChI is InChI=1S/C8H20N2.2H2O/c1-3-8(9)6-5-7-10-4-2;;/h8,10H,3-7,9H2,1-2H3;2*1H2. The van der Waals surface area contributed by atoms with Gasteiger partial charge in [-0.15, -0.1) is 0 Å². The molecule has 0 saturated heterocycles. The van der Waals surface area contributed by atoms with E-state index < -0.39 is 0 Å². The fourth-order valence-electron chi connectivity index (χ4n) is 0.870. The summed E-state index contributed by atoms with van der Waals surface area (Å²) in [5.41, 5.74) is 5.73. The summed E-state index contributed by atoms with van der Waals surface area (Å²) in [6, 6.07) is 0.415. The number of nitrogens with one attached hydrogen (secondary N) is 1. The monoisotopic (exact) mass is 180 g/mol. The summed E-state index contributed by atoms with van der Waals surface area (Å²) in [5, 5.41) is 3.27. The van der Waals surface area contributed by atoms with E-state index in [2.05, 4.69) is 19.2 Å². The molecule has 0 bridgehead atoms. The summed E-state index contributed by atoms with van der Waals surface area (Å²) in [6.07, 6.45) is 3.47. The van der Waals surface area contributed by atoms with Crippen LogP contribution in [-0.2, 0) is 0 Å². The lowest BCUT2D eigenvalue weighted by Gasteiger charge is -2.07. The van der Waals surface area contributed by atoms with E-state index in [9.17, 15) is 0 Å². The Morgan fingerprint density at radius 2 is 1.83 bits per heavy atom. The van der Waals surface area contributed by atoms with Crippen LogP contribution < -0.4 is 11.1 Å². The maximum Gasteiger partial charge on any atom is 0.00366 e. The Balaban J connectivity index is -0.000000405. The van der Waals surface area contributed by atoms with Gasteiger partial charge in [-0.25, -0.2) is 0 Å². The van der Waals surface area contributed by atoms with Gasteiger partial charge in [0.25, 0.3) is 0 Å². The molecule has 0 rings (SSSR count). The second-order valence-corrected chi connectivity index (χ2v) is 2.66. The van der Waals surface area contributed by atoms with Gasteiger partial charge in [0.1, 0.15) is 0 Å². The molecule has 0 saturated carbocycles. The molecule has 12 heavy (non-hydrogen) atoms. The van der Waals surface area contributed by atoms with Crippen molar-refractivity contribution in [2.45, 2.75) is 39.2 Å². The van der Waals surface area contributed by atoms with Gasteiger partial charge in [-0.3, -0.25) is 0 Å². The molecular weight excluding hydrogens is 156 g/mol. The minimum atomic E-state index is 0. The molecular formula is C8H24N2O2. The smallest absolute Gasteiger partial charge is 0.00366 e. The van der Waals surface area contributed by atoms with E-state index in [-0.39, 0.29) is 11.0 Å². The largest absolute Gasteiger partial charge is 0.412 e. The van der Waals surface area contributed by atoms with Gasteiger partial charge in [0.05, 0.1) is 0 Å². The SMILES string of the molecule is CCNCCCC(N)CC.O.O. The first-order valence-electron chi connectivity index (χ1n) is 4.27. The molecule has 7 N–H and O–H groups in total. The van der Waals surface area contributed by atoms with Crippen molar-refractivity contribution in [2.75, 3.05) is 13.1 Å². The zero-order chi connectivity index (χ0) is 7.82. The van der Waals surface area contributed by atoms with Crippen molar-refractivity contribution in [2.24, 2.45) is 5.73 Å². The van der Waals surface area contributed by atoms with Crippen LogP contribution in [-0.4, -0.2) is 30.1 Å². The molecule has 0 aliphatic rings. The molecule has 0 aliphatic carbocycles. The molecule has 4 nitrogen and oxygen atoms in total. The van der Waals surface area contributed by atoms with Crippen molar-refractivity contribution in [1.29, 1.82) is 0 Å². The molecule has 0 heterocycles. The molecule has 0 aromatic carbocycles. The van der Waals surface area contributed by atoms with E-state index >= 15 is 0 Å².